The highest BCUT2D eigenvalue weighted by Crippen LogP contribution is 2.10. The Kier molecular flexibility index (Phi) is 4.11. The minimum atomic E-state index is -0.0456. The molecule has 1 heterocycles. The number of thiophene rings is 1. The molecular weight excluding hydrogens is 214 g/mol. The van der Waals surface area contributed by atoms with Gasteiger partial charge in [-0.05, 0) is 11.4 Å². The van der Waals surface area contributed by atoms with Gasteiger partial charge in [0.25, 0.3) is 5.91 Å². The van der Waals surface area contributed by atoms with Crippen LogP contribution in [0.25, 0.3) is 0 Å². The molecule has 1 amide bonds. The Morgan fingerprint density at radius 1 is 1.73 bits per heavy atom. The first-order chi connectivity index (χ1) is 7.15. The van der Waals surface area contributed by atoms with Gasteiger partial charge in [-0.1, -0.05) is 11.2 Å². The van der Waals surface area contributed by atoms with Crippen molar-refractivity contribution in [1.29, 1.82) is 0 Å². The second kappa shape index (κ2) is 5.35. The molecule has 0 fully saturated rings. The molecule has 15 heavy (non-hydrogen) atoms. The molecule has 82 valence electrons. The summed E-state index contributed by atoms with van der Waals surface area (Å²) in [5.74, 6) is 0.0802. The highest BCUT2D eigenvalue weighted by atomic mass is 32.1. The molecule has 5 nitrogen and oxygen atoms in total. The third-order valence-corrected chi connectivity index (χ3v) is 2.77. The number of oxime groups is 1. The fraction of sp³-hybridized carbons (Fsp3) is 0.333. The lowest BCUT2D eigenvalue weighted by Crippen LogP contribution is -2.30. The van der Waals surface area contributed by atoms with E-state index in [9.17, 15) is 4.79 Å². The largest absolute Gasteiger partial charge is 0.409 e. The zero-order valence-corrected chi connectivity index (χ0v) is 9.20. The lowest BCUT2D eigenvalue weighted by molar-refractivity contribution is 0.0803. The standard InChI is InChI=1S/C9H13N3O2S/c1-12(5-4-8(10)11-14)9(13)7-3-2-6-15-7/h2-3,6,14H,4-5H2,1H3,(H2,10,11). The summed E-state index contributed by atoms with van der Waals surface area (Å²) in [5.41, 5.74) is 5.30. The zero-order chi connectivity index (χ0) is 11.3. The van der Waals surface area contributed by atoms with E-state index in [2.05, 4.69) is 5.16 Å². The summed E-state index contributed by atoms with van der Waals surface area (Å²) in [5, 5.41) is 13.0. The third kappa shape index (κ3) is 3.25. The number of carbonyl (C=O) groups is 1. The van der Waals surface area contributed by atoms with Crippen LogP contribution in [0.5, 0.6) is 0 Å². The molecule has 3 N–H and O–H groups in total. The average molecular weight is 227 g/mol. The van der Waals surface area contributed by atoms with Gasteiger partial charge in [-0.3, -0.25) is 4.79 Å². The van der Waals surface area contributed by atoms with Crippen molar-refractivity contribution in [2.24, 2.45) is 10.9 Å². The van der Waals surface area contributed by atoms with E-state index in [-0.39, 0.29) is 11.7 Å². The van der Waals surface area contributed by atoms with Gasteiger partial charge in [0.2, 0.25) is 0 Å². The molecule has 6 heteroatoms. The molecule has 0 spiro atoms. The maximum atomic E-state index is 11.7. The SMILES string of the molecule is CN(CC/C(N)=N/O)C(=O)c1cccs1. The summed E-state index contributed by atoms with van der Waals surface area (Å²) in [6, 6.07) is 3.60. The monoisotopic (exact) mass is 227 g/mol. The second-order valence-corrected chi connectivity index (χ2v) is 3.99. The molecule has 0 saturated carbocycles. The van der Waals surface area contributed by atoms with E-state index in [4.69, 9.17) is 10.9 Å². The van der Waals surface area contributed by atoms with Crippen molar-refractivity contribution >= 4 is 23.1 Å². The van der Waals surface area contributed by atoms with E-state index in [1.807, 2.05) is 11.4 Å². The van der Waals surface area contributed by atoms with Gasteiger partial charge in [0.1, 0.15) is 5.84 Å². The summed E-state index contributed by atoms with van der Waals surface area (Å²) >= 11 is 1.40. The number of nitrogens with two attached hydrogens (primary N) is 1. The molecule has 0 saturated heterocycles. The van der Waals surface area contributed by atoms with Gasteiger partial charge in [-0.2, -0.15) is 0 Å². The first kappa shape index (κ1) is 11.5. The summed E-state index contributed by atoms with van der Waals surface area (Å²) in [4.78, 5) is 13.9. The molecule has 1 aromatic rings. The highest BCUT2D eigenvalue weighted by molar-refractivity contribution is 7.12. The van der Waals surface area contributed by atoms with Crippen LogP contribution in [0.2, 0.25) is 0 Å². The first-order valence-corrected chi connectivity index (χ1v) is 5.28. The minimum absolute atomic E-state index is 0.0456. The van der Waals surface area contributed by atoms with Crippen LogP contribution in [0, 0.1) is 0 Å². The van der Waals surface area contributed by atoms with Crippen molar-refractivity contribution in [3.63, 3.8) is 0 Å². The van der Waals surface area contributed by atoms with Gasteiger partial charge < -0.3 is 15.8 Å². The van der Waals surface area contributed by atoms with E-state index in [0.29, 0.717) is 17.8 Å². The van der Waals surface area contributed by atoms with Crippen molar-refractivity contribution < 1.29 is 10.0 Å². The lowest BCUT2D eigenvalue weighted by atomic mass is 10.3. The summed E-state index contributed by atoms with van der Waals surface area (Å²) in [6.07, 6.45) is 0.365. The van der Waals surface area contributed by atoms with Gasteiger partial charge in [0.15, 0.2) is 0 Å². The molecule has 0 aliphatic rings. The smallest absolute Gasteiger partial charge is 0.263 e. The van der Waals surface area contributed by atoms with Crippen LogP contribution in [0.15, 0.2) is 22.7 Å². The quantitative estimate of drug-likeness (QED) is 0.348. The van der Waals surface area contributed by atoms with Crippen molar-refractivity contribution in [2.75, 3.05) is 13.6 Å². The highest BCUT2D eigenvalue weighted by Gasteiger charge is 2.12. The Bertz CT molecular complexity index is 348. The van der Waals surface area contributed by atoms with Crippen LogP contribution in [0.4, 0.5) is 0 Å². The predicted molar refractivity (Wildman–Crippen MR) is 59.3 cm³/mol. The van der Waals surface area contributed by atoms with Crippen LogP contribution in [-0.4, -0.2) is 35.4 Å². The number of hydrogen-bond donors (Lipinski definition) is 2. The van der Waals surface area contributed by atoms with E-state index >= 15 is 0 Å². The summed E-state index contributed by atoms with van der Waals surface area (Å²) in [7, 11) is 1.69. The average Bonchev–Trinajstić information content (AvgIpc) is 2.77. The number of rotatable bonds is 4. The zero-order valence-electron chi connectivity index (χ0n) is 8.38. The van der Waals surface area contributed by atoms with Crippen molar-refractivity contribution in [3.05, 3.63) is 22.4 Å². The third-order valence-electron chi connectivity index (χ3n) is 1.91. The summed E-state index contributed by atoms with van der Waals surface area (Å²) in [6.45, 7) is 0.437. The number of amidine groups is 1. The maximum absolute atomic E-state index is 11.7. The molecular formula is C9H13N3O2S. The van der Waals surface area contributed by atoms with Gasteiger partial charge in [0, 0.05) is 20.0 Å². The molecule has 0 aliphatic heterocycles. The van der Waals surface area contributed by atoms with E-state index in [1.54, 1.807) is 18.0 Å². The van der Waals surface area contributed by atoms with Crippen LogP contribution in [0.3, 0.4) is 0 Å². The maximum Gasteiger partial charge on any atom is 0.263 e. The number of amides is 1. The molecule has 0 aromatic carbocycles. The van der Waals surface area contributed by atoms with Crippen molar-refractivity contribution in [2.45, 2.75) is 6.42 Å². The van der Waals surface area contributed by atoms with Crippen LogP contribution in [0.1, 0.15) is 16.1 Å². The van der Waals surface area contributed by atoms with E-state index in [1.165, 1.54) is 11.3 Å². The number of carbonyl (C=O) groups excluding carboxylic acids is 1. The Labute approximate surface area is 91.8 Å². The van der Waals surface area contributed by atoms with Crippen molar-refractivity contribution in [1.82, 2.24) is 4.90 Å². The van der Waals surface area contributed by atoms with E-state index < -0.39 is 0 Å². The van der Waals surface area contributed by atoms with Crippen LogP contribution in [-0.2, 0) is 0 Å². The molecule has 0 unspecified atom stereocenters. The number of nitrogens with zero attached hydrogens (tertiary/aromatic N) is 2. The summed E-state index contributed by atoms with van der Waals surface area (Å²) < 4.78 is 0. The van der Waals surface area contributed by atoms with Crippen LogP contribution < -0.4 is 5.73 Å². The molecule has 0 atom stereocenters. The second-order valence-electron chi connectivity index (χ2n) is 3.05. The molecule has 1 aromatic heterocycles. The fourth-order valence-electron chi connectivity index (χ4n) is 1.02. The topological polar surface area (TPSA) is 78.9 Å². The lowest BCUT2D eigenvalue weighted by Gasteiger charge is -2.15. The molecule has 0 radical (unpaired) electrons. The van der Waals surface area contributed by atoms with E-state index in [0.717, 1.165) is 0 Å². The minimum Gasteiger partial charge on any atom is -0.409 e. The van der Waals surface area contributed by atoms with Gasteiger partial charge in [-0.25, -0.2) is 0 Å². The molecule has 0 aliphatic carbocycles. The Morgan fingerprint density at radius 3 is 3.00 bits per heavy atom. The Morgan fingerprint density at radius 2 is 2.47 bits per heavy atom. The Hall–Kier alpha value is -1.56. The van der Waals surface area contributed by atoms with Gasteiger partial charge in [-0.15, -0.1) is 11.3 Å². The number of hydrogen-bond acceptors (Lipinski definition) is 4. The molecule has 0 bridgehead atoms. The first-order valence-electron chi connectivity index (χ1n) is 4.40. The van der Waals surface area contributed by atoms with Crippen molar-refractivity contribution in [3.8, 4) is 0 Å². The van der Waals surface area contributed by atoms with Crippen LogP contribution >= 0.6 is 11.3 Å². The fourth-order valence-corrected chi connectivity index (χ4v) is 1.74. The Balaban J connectivity index is 2.48. The van der Waals surface area contributed by atoms with Gasteiger partial charge >= 0.3 is 0 Å². The van der Waals surface area contributed by atoms with Gasteiger partial charge in [0.05, 0.1) is 4.88 Å². The normalized spacial score (nSPS) is 11.4. The molecule has 1 rings (SSSR count). The predicted octanol–water partition coefficient (Wildman–Crippen LogP) is 0.957.